The molecular formula is C19H22N4O2. The maximum absolute atomic E-state index is 11.9. The summed E-state index contributed by atoms with van der Waals surface area (Å²) in [4.78, 5) is 11.9. The Balaban J connectivity index is 2.14. The number of aromatic nitrogens is 1. The molecule has 1 amide bonds. The van der Waals surface area contributed by atoms with Crippen molar-refractivity contribution in [1.29, 1.82) is 0 Å². The van der Waals surface area contributed by atoms with Crippen molar-refractivity contribution in [3.63, 3.8) is 0 Å². The molecule has 6 heteroatoms. The molecule has 1 aromatic heterocycles. The van der Waals surface area contributed by atoms with Gasteiger partial charge in [0.05, 0.1) is 13.5 Å². The number of carbonyl (C=O) groups excluding carboxylic acids is 1. The van der Waals surface area contributed by atoms with Crippen molar-refractivity contribution in [3.8, 4) is 5.75 Å². The van der Waals surface area contributed by atoms with Crippen LogP contribution in [0.2, 0.25) is 0 Å². The van der Waals surface area contributed by atoms with E-state index in [1.54, 1.807) is 7.11 Å². The Kier molecular flexibility index (Phi) is 4.63. The van der Waals surface area contributed by atoms with E-state index in [1.165, 1.54) is 0 Å². The summed E-state index contributed by atoms with van der Waals surface area (Å²) in [6.45, 7) is 2.68. The van der Waals surface area contributed by atoms with Gasteiger partial charge in [0.1, 0.15) is 5.75 Å². The molecule has 2 aromatic carbocycles. The minimum atomic E-state index is -0.228. The van der Waals surface area contributed by atoms with Crippen LogP contribution in [0.4, 0.5) is 5.69 Å². The number of nitrogens with one attached hydrogen (secondary N) is 1. The molecule has 0 unspecified atom stereocenters. The van der Waals surface area contributed by atoms with Crippen LogP contribution in [-0.4, -0.2) is 17.6 Å². The van der Waals surface area contributed by atoms with E-state index in [1.807, 2.05) is 49.4 Å². The third-order valence-electron chi connectivity index (χ3n) is 4.45. The lowest BCUT2D eigenvalue weighted by molar-refractivity contribution is -0.120. The first-order valence-corrected chi connectivity index (χ1v) is 8.03. The molecule has 0 atom stereocenters. The topological polar surface area (TPSA) is 95.3 Å². The Morgan fingerprint density at radius 1 is 1.24 bits per heavy atom. The molecule has 5 N–H and O–H groups in total. The summed E-state index contributed by atoms with van der Waals surface area (Å²) in [5.74, 6) is 5.80. The number of amides is 1. The number of carbonyl (C=O) groups is 1. The predicted molar refractivity (Wildman–Crippen MR) is 99.2 cm³/mol. The minimum Gasteiger partial charge on any atom is -0.497 e. The first-order chi connectivity index (χ1) is 12.0. The van der Waals surface area contributed by atoms with Gasteiger partial charge in [-0.2, -0.15) is 0 Å². The van der Waals surface area contributed by atoms with Gasteiger partial charge in [-0.3, -0.25) is 10.2 Å². The number of ether oxygens (including phenoxy) is 1. The molecule has 0 aliphatic rings. The third kappa shape index (κ3) is 3.29. The number of anilines is 1. The van der Waals surface area contributed by atoms with E-state index in [9.17, 15) is 4.79 Å². The highest BCUT2D eigenvalue weighted by Gasteiger charge is 2.17. The lowest BCUT2D eigenvalue weighted by atomic mass is 10.1. The first-order valence-electron chi connectivity index (χ1n) is 8.03. The lowest BCUT2D eigenvalue weighted by Crippen LogP contribution is -2.31. The van der Waals surface area contributed by atoms with Crippen LogP contribution in [0.5, 0.6) is 5.75 Å². The predicted octanol–water partition coefficient (Wildman–Crippen LogP) is 2.12. The minimum absolute atomic E-state index is 0.218. The van der Waals surface area contributed by atoms with Crippen LogP contribution in [0.1, 0.15) is 16.8 Å². The van der Waals surface area contributed by atoms with E-state index in [0.717, 1.165) is 39.2 Å². The summed E-state index contributed by atoms with van der Waals surface area (Å²) < 4.78 is 7.52. The molecule has 0 aliphatic heterocycles. The molecule has 1 heterocycles. The highest BCUT2D eigenvalue weighted by atomic mass is 16.5. The number of hydrazine groups is 1. The standard InChI is InChI=1S/C19H22N4O2/c1-12-16(10-19(24)22-21)17-9-15(25-2)6-7-18(17)23(12)11-13-4-3-5-14(20)8-13/h3-9H,10-11,20-21H2,1-2H3,(H,22,24). The molecule has 6 nitrogen and oxygen atoms in total. The van der Waals surface area contributed by atoms with E-state index in [0.29, 0.717) is 6.54 Å². The number of fused-ring (bicyclic) bond motifs is 1. The van der Waals surface area contributed by atoms with Gasteiger partial charge in [-0.25, -0.2) is 5.84 Å². The summed E-state index contributed by atoms with van der Waals surface area (Å²) in [7, 11) is 1.63. The van der Waals surface area contributed by atoms with E-state index < -0.39 is 0 Å². The van der Waals surface area contributed by atoms with E-state index >= 15 is 0 Å². The van der Waals surface area contributed by atoms with Crippen molar-refractivity contribution in [1.82, 2.24) is 9.99 Å². The highest BCUT2D eigenvalue weighted by Crippen LogP contribution is 2.30. The molecule has 3 rings (SSSR count). The summed E-state index contributed by atoms with van der Waals surface area (Å²) in [6.07, 6.45) is 0.218. The van der Waals surface area contributed by atoms with Gasteiger partial charge in [0.2, 0.25) is 5.91 Å². The summed E-state index contributed by atoms with van der Waals surface area (Å²) >= 11 is 0. The zero-order valence-electron chi connectivity index (χ0n) is 14.4. The fraction of sp³-hybridized carbons (Fsp3) is 0.211. The summed E-state index contributed by atoms with van der Waals surface area (Å²) in [6, 6.07) is 13.7. The van der Waals surface area contributed by atoms with Crippen molar-refractivity contribution in [2.24, 2.45) is 5.84 Å². The Labute approximate surface area is 146 Å². The van der Waals surface area contributed by atoms with Crippen LogP contribution >= 0.6 is 0 Å². The van der Waals surface area contributed by atoms with Crippen molar-refractivity contribution in [2.75, 3.05) is 12.8 Å². The molecule has 130 valence electrons. The van der Waals surface area contributed by atoms with Crippen LogP contribution in [0.15, 0.2) is 42.5 Å². The first kappa shape index (κ1) is 16.9. The summed E-state index contributed by atoms with van der Waals surface area (Å²) in [5, 5.41) is 0.990. The zero-order valence-corrected chi connectivity index (χ0v) is 14.4. The Morgan fingerprint density at radius 3 is 2.72 bits per heavy atom. The number of nitrogens with two attached hydrogens (primary N) is 2. The molecule has 3 aromatic rings. The van der Waals surface area contributed by atoms with Crippen LogP contribution < -0.4 is 21.7 Å². The number of rotatable bonds is 5. The Morgan fingerprint density at radius 2 is 2.04 bits per heavy atom. The molecule has 0 bridgehead atoms. The van der Waals surface area contributed by atoms with Crippen molar-refractivity contribution in [3.05, 3.63) is 59.3 Å². The van der Waals surface area contributed by atoms with Crippen LogP contribution in [0.3, 0.4) is 0 Å². The Bertz CT molecular complexity index is 931. The highest BCUT2D eigenvalue weighted by molar-refractivity contribution is 5.91. The average molecular weight is 338 g/mol. The maximum Gasteiger partial charge on any atom is 0.238 e. The van der Waals surface area contributed by atoms with Gasteiger partial charge in [0.25, 0.3) is 0 Å². The van der Waals surface area contributed by atoms with Gasteiger partial charge >= 0.3 is 0 Å². The van der Waals surface area contributed by atoms with Crippen molar-refractivity contribution in [2.45, 2.75) is 19.9 Å². The Hall–Kier alpha value is -2.99. The van der Waals surface area contributed by atoms with Crippen LogP contribution in [0, 0.1) is 6.92 Å². The van der Waals surface area contributed by atoms with Crippen molar-refractivity contribution < 1.29 is 9.53 Å². The van der Waals surface area contributed by atoms with Gasteiger partial charge in [0, 0.05) is 28.8 Å². The molecule has 0 spiro atoms. The fourth-order valence-electron chi connectivity index (χ4n) is 3.17. The second-order valence-electron chi connectivity index (χ2n) is 6.02. The zero-order chi connectivity index (χ0) is 18.0. The maximum atomic E-state index is 11.9. The number of nitrogen functional groups attached to an aromatic ring is 1. The van der Waals surface area contributed by atoms with Gasteiger partial charge in [-0.1, -0.05) is 12.1 Å². The number of methoxy groups -OCH3 is 1. The average Bonchev–Trinajstić information content (AvgIpc) is 2.86. The van der Waals surface area contributed by atoms with E-state index in [4.69, 9.17) is 16.3 Å². The molecule has 25 heavy (non-hydrogen) atoms. The smallest absolute Gasteiger partial charge is 0.238 e. The largest absolute Gasteiger partial charge is 0.497 e. The van der Waals surface area contributed by atoms with E-state index in [2.05, 4.69) is 9.99 Å². The second-order valence-corrected chi connectivity index (χ2v) is 6.02. The molecule has 0 radical (unpaired) electrons. The monoisotopic (exact) mass is 338 g/mol. The third-order valence-corrected chi connectivity index (χ3v) is 4.45. The fourth-order valence-corrected chi connectivity index (χ4v) is 3.17. The second kappa shape index (κ2) is 6.86. The lowest BCUT2D eigenvalue weighted by Gasteiger charge is -2.10. The molecular weight excluding hydrogens is 316 g/mol. The van der Waals surface area contributed by atoms with Crippen molar-refractivity contribution >= 4 is 22.5 Å². The van der Waals surface area contributed by atoms with Crippen LogP contribution in [-0.2, 0) is 17.8 Å². The SMILES string of the molecule is COc1ccc2c(c1)c(CC(=O)NN)c(C)n2Cc1cccc(N)c1. The molecule has 0 saturated carbocycles. The number of nitrogens with zero attached hydrogens (tertiary/aromatic N) is 1. The molecule has 0 fully saturated rings. The molecule has 0 aliphatic carbocycles. The number of hydrogen-bond donors (Lipinski definition) is 3. The number of benzene rings is 2. The van der Waals surface area contributed by atoms with Gasteiger partial charge < -0.3 is 15.0 Å². The van der Waals surface area contributed by atoms with Gasteiger partial charge in [0.15, 0.2) is 0 Å². The van der Waals surface area contributed by atoms with Crippen LogP contribution in [0.25, 0.3) is 10.9 Å². The normalized spacial score (nSPS) is 10.8. The number of hydrogen-bond acceptors (Lipinski definition) is 4. The summed E-state index contributed by atoms with van der Waals surface area (Å²) in [5.41, 5.74) is 12.9. The molecule has 0 saturated heterocycles. The van der Waals surface area contributed by atoms with E-state index in [-0.39, 0.29) is 12.3 Å². The van der Waals surface area contributed by atoms with Gasteiger partial charge in [-0.15, -0.1) is 0 Å². The van der Waals surface area contributed by atoms with Gasteiger partial charge in [-0.05, 0) is 48.4 Å². The quantitative estimate of drug-likeness (QED) is 0.287.